The van der Waals surface area contributed by atoms with Crippen LogP contribution in [0.3, 0.4) is 0 Å². The van der Waals surface area contributed by atoms with Gasteiger partial charge in [-0.05, 0) is 31.4 Å². The van der Waals surface area contributed by atoms with Gasteiger partial charge in [-0.15, -0.1) is 0 Å². The Hall–Kier alpha value is -0.930. The van der Waals surface area contributed by atoms with Crippen LogP contribution in [-0.2, 0) is 11.3 Å². The van der Waals surface area contributed by atoms with E-state index in [1.54, 1.807) is 0 Å². The van der Waals surface area contributed by atoms with Crippen molar-refractivity contribution in [2.24, 2.45) is 0 Å². The summed E-state index contributed by atoms with van der Waals surface area (Å²) in [6.07, 6.45) is 9.02. The van der Waals surface area contributed by atoms with E-state index in [9.17, 15) is 0 Å². The van der Waals surface area contributed by atoms with E-state index in [4.69, 9.17) is 4.74 Å². The number of ether oxygens (including phenoxy) is 1. The van der Waals surface area contributed by atoms with Crippen molar-refractivity contribution in [2.75, 3.05) is 13.2 Å². The van der Waals surface area contributed by atoms with Crippen molar-refractivity contribution >= 4 is 0 Å². The molecule has 0 aliphatic heterocycles. The van der Waals surface area contributed by atoms with Gasteiger partial charge in [0.2, 0.25) is 0 Å². The molecule has 0 saturated heterocycles. The Morgan fingerprint density at radius 3 is 2.83 bits per heavy atom. The molecule has 1 aromatic heterocycles. The molecular weight excluding hydrogens is 224 g/mol. The highest BCUT2D eigenvalue weighted by atomic mass is 16.5. The first-order valence-electron chi connectivity index (χ1n) is 7.08. The third-order valence-electron chi connectivity index (χ3n) is 3.49. The number of nitrogens with zero attached hydrogens (tertiary/aromatic N) is 1. The maximum Gasteiger partial charge on any atom is 0.0594 e. The number of nitrogens with one attached hydrogen (secondary N) is 1. The lowest BCUT2D eigenvalue weighted by atomic mass is 9.98. The summed E-state index contributed by atoms with van der Waals surface area (Å²) in [6, 6.07) is 4.17. The largest absolute Gasteiger partial charge is 0.377 e. The molecule has 1 heterocycles. The van der Waals surface area contributed by atoms with Crippen molar-refractivity contribution in [3.8, 4) is 0 Å². The summed E-state index contributed by atoms with van der Waals surface area (Å²) in [5.74, 6) is 0. The number of rotatable bonds is 6. The Morgan fingerprint density at radius 1 is 1.28 bits per heavy atom. The first-order chi connectivity index (χ1) is 8.84. The molecule has 1 N–H and O–H groups in total. The van der Waals surface area contributed by atoms with Gasteiger partial charge in [-0.1, -0.05) is 25.3 Å². The van der Waals surface area contributed by atoms with Gasteiger partial charge in [-0.25, -0.2) is 0 Å². The SMILES string of the molecule is Cc1ccc(CNCCOC2CCCCC2)cn1. The molecule has 1 aliphatic carbocycles. The van der Waals surface area contributed by atoms with Crippen LogP contribution in [0.1, 0.15) is 43.4 Å². The van der Waals surface area contributed by atoms with Crippen LogP contribution in [0.15, 0.2) is 18.3 Å². The molecule has 0 aromatic carbocycles. The molecule has 1 aromatic rings. The number of aryl methyl sites for hydroxylation is 1. The summed E-state index contributed by atoms with van der Waals surface area (Å²) in [6.45, 7) is 4.63. The van der Waals surface area contributed by atoms with Crippen molar-refractivity contribution in [1.29, 1.82) is 0 Å². The maximum absolute atomic E-state index is 5.86. The summed E-state index contributed by atoms with van der Waals surface area (Å²) in [5, 5.41) is 3.40. The minimum atomic E-state index is 0.515. The summed E-state index contributed by atoms with van der Waals surface area (Å²) >= 11 is 0. The number of aromatic nitrogens is 1. The lowest BCUT2D eigenvalue weighted by Crippen LogP contribution is -2.24. The van der Waals surface area contributed by atoms with E-state index in [2.05, 4.69) is 22.4 Å². The minimum Gasteiger partial charge on any atom is -0.377 e. The Labute approximate surface area is 110 Å². The molecule has 1 fully saturated rings. The van der Waals surface area contributed by atoms with Crippen molar-refractivity contribution in [1.82, 2.24) is 10.3 Å². The Kier molecular flexibility index (Phi) is 5.62. The molecule has 3 heteroatoms. The second-order valence-electron chi connectivity index (χ2n) is 5.12. The summed E-state index contributed by atoms with van der Waals surface area (Å²) in [7, 11) is 0. The average molecular weight is 248 g/mol. The Balaban J connectivity index is 1.54. The standard InChI is InChI=1S/C15H24N2O/c1-13-7-8-14(12-17-13)11-16-9-10-18-15-5-3-2-4-6-15/h7-8,12,15-16H,2-6,9-11H2,1H3. The third kappa shape index (κ3) is 4.75. The molecule has 1 saturated carbocycles. The fraction of sp³-hybridized carbons (Fsp3) is 0.667. The predicted octanol–water partition coefficient (Wildman–Crippen LogP) is 2.83. The Morgan fingerprint density at radius 2 is 2.11 bits per heavy atom. The zero-order chi connectivity index (χ0) is 12.6. The van der Waals surface area contributed by atoms with Gasteiger partial charge in [0.1, 0.15) is 0 Å². The van der Waals surface area contributed by atoms with Gasteiger partial charge in [-0.2, -0.15) is 0 Å². The highest BCUT2D eigenvalue weighted by Gasteiger charge is 2.12. The van der Waals surface area contributed by atoms with E-state index in [-0.39, 0.29) is 0 Å². The molecule has 0 unspecified atom stereocenters. The molecule has 0 spiro atoms. The smallest absolute Gasteiger partial charge is 0.0594 e. The summed E-state index contributed by atoms with van der Waals surface area (Å²) < 4.78 is 5.86. The first kappa shape index (κ1) is 13.5. The molecule has 100 valence electrons. The van der Waals surface area contributed by atoms with Crippen molar-refractivity contribution < 1.29 is 4.74 Å². The highest BCUT2D eigenvalue weighted by molar-refractivity contribution is 5.12. The van der Waals surface area contributed by atoms with Crippen molar-refractivity contribution in [3.63, 3.8) is 0 Å². The van der Waals surface area contributed by atoms with Crippen LogP contribution in [0.5, 0.6) is 0 Å². The van der Waals surface area contributed by atoms with Crippen LogP contribution in [0, 0.1) is 6.92 Å². The molecule has 2 rings (SSSR count). The number of hydrogen-bond donors (Lipinski definition) is 1. The van der Waals surface area contributed by atoms with Crippen molar-refractivity contribution in [3.05, 3.63) is 29.6 Å². The minimum absolute atomic E-state index is 0.515. The van der Waals surface area contributed by atoms with Gasteiger partial charge in [0.25, 0.3) is 0 Å². The molecule has 0 amide bonds. The molecule has 0 bridgehead atoms. The molecular formula is C15H24N2O. The van der Waals surface area contributed by atoms with Gasteiger partial charge >= 0.3 is 0 Å². The lowest BCUT2D eigenvalue weighted by Gasteiger charge is -2.22. The van der Waals surface area contributed by atoms with Gasteiger partial charge in [0, 0.05) is 25.0 Å². The molecule has 18 heavy (non-hydrogen) atoms. The highest BCUT2D eigenvalue weighted by Crippen LogP contribution is 2.19. The topological polar surface area (TPSA) is 34.1 Å². The molecule has 0 radical (unpaired) electrons. The Bertz CT molecular complexity index is 331. The lowest BCUT2D eigenvalue weighted by molar-refractivity contribution is 0.0302. The van der Waals surface area contributed by atoms with E-state index in [0.717, 1.165) is 25.4 Å². The molecule has 1 aliphatic rings. The fourth-order valence-corrected chi connectivity index (χ4v) is 2.37. The fourth-order valence-electron chi connectivity index (χ4n) is 2.37. The predicted molar refractivity (Wildman–Crippen MR) is 73.5 cm³/mol. The van der Waals surface area contributed by atoms with Gasteiger partial charge in [-0.3, -0.25) is 4.98 Å². The molecule has 0 atom stereocenters. The maximum atomic E-state index is 5.86. The van der Waals surface area contributed by atoms with Gasteiger partial charge in [0.15, 0.2) is 0 Å². The normalized spacial score (nSPS) is 16.9. The second kappa shape index (κ2) is 7.49. The van der Waals surface area contributed by atoms with Gasteiger partial charge < -0.3 is 10.1 Å². The van der Waals surface area contributed by atoms with E-state index in [1.807, 2.05) is 13.1 Å². The molecule has 3 nitrogen and oxygen atoms in total. The van der Waals surface area contributed by atoms with Crippen molar-refractivity contribution in [2.45, 2.75) is 51.7 Å². The summed E-state index contributed by atoms with van der Waals surface area (Å²) in [5.41, 5.74) is 2.30. The third-order valence-corrected chi connectivity index (χ3v) is 3.49. The van der Waals surface area contributed by atoms with Crippen LogP contribution in [-0.4, -0.2) is 24.2 Å². The zero-order valence-corrected chi connectivity index (χ0v) is 11.3. The number of pyridine rings is 1. The van der Waals surface area contributed by atoms with Crippen LogP contribution in [0.2, 0.25) is 0 Å². The van der Waals surface area contributed by atoms with E-state index in [1.165, 1.54) is 37.7 Å². The monoisotopic (exact) mass is 248 g/mol. The van der Waals surface area contributed by atoms with E-state index >= 15 is 0 Å². The second-order valence-corrected chi connectivity index (χ2v) is 5.12. The van der Waals surface area contributed by atoms with Crippen LogP contribution in [0.4, 0.5) is 0 Å². The zero-order valence-electron chi connectivity index (χ0n) is 11.3. The quantitative estimate of drug-likeness (QED) is 0.786. The number of hydrogen-bond acceptors (Lipinski definition) is 3. The summed E-state index contributed by atoms with van der Waals surface area (Å²) in [4.78, 5) is 4.28. The first-order valence-corrected chi connectivity index (χ1v) is 7.08. The average Bonchev–Trinajstić information content (AvgIpc) is 2.42. The van der Waals surface area contributed by atoms with Gasteiger partial charge in [0.05, 0.1) is 12.7 Å². The van der Waals surface area contributed by atoms with Crippen LogP contribution >= 0.6 is 0 Å². The van der Waals surface area contributed by atoms with E-state index < -0.39 is 0 Å². The van der Waals surface area contributed by atoms with E-state index in [0.29, 0.717) is 6.10 Å². The van der Waals surface area contributed by atoms with Crippen LogP contribution in [0.25, 0.3) is 0 Å². The van der Waals surface area contributed by atoms with Crippen LogP contribution < -0.4 is 5.32 Å².